The summed E-state index contributed by atoms with van der Waals surface area (Å²) < 4.78 is 11.6. The second-order valence-electron chi connectivity index (χ2n) is 9.77. The number of hydrogen-bond donors (Lipinski definition) is 2. The Morgan fingerprint density at radius 2 is 1.12 bits per heavy atom. The van der Waals surface area contributed by atoms with Gasteiger partial charge in [-0.3, -0.25) is 9.59 Å². The average molecular weight is 370 g/mol. The molecule has 8 heteroatoms. The van der Waals surface area contributed by atoms with Crippen LogP contribution in [0.3, 0.4) is 0 Å². The molecule has 26 heavy (non-hydrogen) atoms. The summed E-state index contributed by atoms with van der Waals surface area (Å²) in [5.41, 5.74) is -1.18. The van der Waals surface area contributed by atoms with Crippen LogP contribution >= 0.6 is 0 Å². The van der Waals surface area contributed by atoms with Gasteiger partial charge in [-0.2, -0.15) is 0 Å². The van der Waals surface area contributed by atoms with E-state index in [9.17, 15) is 19.8 Å². The summed E-state index contributed by atoms with van der Waals surface area (Å²) in [6, 6.07) is 0. The van der Waals surface area contributed by atoms with Crippen LogP contribution in [0, 0.1) is 10.8 Å². The van der Waals surface area contributed by atoms with E-state index in [1.54, 1.807) is 41.5 Å². The van der Waals surface area contributed by atoms with Crippen LogP contribution in [-0.2, 0) is 19.1 Å². The highest BCUT2D eigenvalue weighted by Gasteiger charge is 2.64. The molecule has 8 nitrogen and oxygen atoms in total. The van der Waals surface area contributed by atoms with Gasteiger partial charge in [0.25, 0.3) is 0 Å². The third-order valence-electron chi connectivity index (χ3n) is 5.16. The molecule has 0 aliphatic carbocycles. The van der Waals surface area contributed by atoms with E-state index >= 15 is 0 Å². The van der Waals surface area contributed by atoms with Crippen LogP contribution in [0.4, 0.5) is 0 Å². The first-order valence-electron chi connectivity index (χ1n) is 9.05. The lowest BCUT2D eigenvalue weighted by Gasteiger charge is -2.43. The zero-order valence-corrected chi connectivity index (χ0v) is 16.4. The molecular weight excluding hydrogens is 340 g/mol. The van der Waals surface area contributed by atoms with E-state index in [4.69, 9.17) is 9.47 Å². The fourth-order valence-electron chi connectivity index (χ4n) is 3.80. The van der Waals surface area contributed by atoms with Crippen molar-refractivity contribution >= 4 is 11.8 Å². The Hall–Kier alpha value is -1.22. The lowest BCUT2D eigenvalue weighted by atomic mass is 9.95. The molecular formula is C18H30N2O6. The van der Waals surface area contributed by atoms with Gasteiger partial charge in [0.1, 0.15) is 12.2 Å². The van der Waals surface area contributed by atoms with Gasteiger partial charge in [-0.1, -0.05) is 41.5 Å². The van der Waals surface area contributed by atoms with Crippen molar-refractivity contribution in [2.75, 3.05) is 26.2 Å². The fraction of sp³-hybridized carbons (Fsp3) is 0.889. The summed E-state index contributed by atoms with van der Waals surface area (Å²) in [5.74, 6) is -3.60. The highest BCUT2D eigenvalue weighted by Crippen LogP contribution is 2.42. The molecule has 2 amide bonds. The van der Waals surface area contributed by atoms with Gasteiger partial charge < -0.3 is 29.5 Å². The Bertz CT molecular complexity index is 570. The normalized spacial score (nSPS) is 37.5. The van der Waals surface area contributed by atoms with Crippen LogP contribution in [0.2, 0.25) is 0 Å². The maximum atomic E-state index is 12.5. The molecule has 4 atom stereocenters. The largest absolute Gasteiger partial charge is 0.362 e. The molecule has 0 bridgehead atoms. The second-order valence-corrected chi connectivity index (χ2v) is 9.77. The average Bonchev–Trinajstić information content (AvgIpc) is 2.95. The number of nitrogens with zero attached hydrogens (tertiary/aromatic N) is 2. The number of hydrogen-bond acceptors (Lipinski definition) is 6. The highest BCUT2D eigenvalue weighted by atomic mass is 16.7. The quantitative estimate of drug-likeness (QED) is 0.619. The molecule has 0 aromatic heterocycles. The number of β-amino-alcohol motifs (C(OH)–C–C–N with tert-alkyl or cyclic N) is 2. The first-order chi connectivity index (χ1) is 11.7. The molecule has 0 aromatic rings. The minimum absolute atomic E-state index is 0.0203. The first kappa shape index (κ1) is 19.5. The highest BCUT2D eigenvalue weighted by molar-refractivity contribution is 5.82. The number of aliphatic hydroxyl groups is 2. The number of carbonyl (C=O) groups is 2. The summed E-state index contributed by atoms with van der Waals surface area (Å²) in [4.78, 5) is 28.1. The molecule has 3 rings (SSSR count). The van der Waals surface area contributed by atoms with Crippen LogP contribution in [0.25, 0.3) is 0 Å². The van der Waals surface area contributed by atoms with Crippen molar-refractivity contribution in [3.63, 3.8) is 0 Å². The summed E-state index contributed by atoms with van der Waals surface area (Å²) >= 11 is 0. The zero-order valence-electron chi connectivity index (χ0n) is 16.4. The predicted octanol–water partition coefficient (Wildman–Crippen LogP) is -0.0758. The minimum Gasteiger partial charge on any atom is -0.362 e. The summed E-state index contributed by atoms with van der Waals surface area (Å²) in [6.07, 6.45) is -1.72. The number of amides is 2. The van der Waals surface area contributed by atoms with Crippen LogP contribution in [0.5, 0.6) is 0 Å². The Balaban J connectivity index is 1.76. The van der Waals surface area contributed by atoms with E-state index in [1.807, 2.05) is 0 Å². The number of carbonyl (C=O) groups excluding carboxylic acids is 2. The van der Waals surface area contributed by atoms with E-state index in [2.05, 4.69) is 0 Å². The van der Waals surface area contributed by atoms with E-state index in [0.29, 0.717) is 0 Å². The molecule has 3 aliphatic heterocycles. The molecule has 3 aliphatic rings. The molecule has 0 radical (unpaired) electrons. The molecule has 0 aromatic carbocycles. The predicted molar refractivity (Wildman–Crippen MR) is 91.7 cm³/mol. The monoisotopic (exact) mass is 370 g/mol. The van der Waals surface area contributed by atoms with Crippen molar-refractivity contribution in [2.45, 2.75) is 65.3 Å². The molecule has 0 spiro atoms. The van der Waals surface area contributed by atoms with Gasteiger partial charge in [-0.25, -0.2) is 0 Å². The van der Waals surface area contributed by atoms with Crippen molar-refractivity contribution in [1.29, 1.82) is 0 Å². The van der Waals surface area contributed by atoms with Crippen LogP contribution in [0.1, 0.15) is 41.5 Å². The summed E-state index contributed by atoms with van der Waals surface area (Å²) in [7, 11) is 0. The molecule has 0 saturated carbocycles. The lowest BCUT2D eigenvalue weighted by molar-refractivity contribution is -0.396. The van der Waals surface area contributed by atoms with Gasteiger partial charge in [0.2, 0.25) is 23.4 Å². The van der Waals surface area contributed by atoms with Gasteiger partial charge in [0.05, 0.1) is 26.2 Å². The van der Waals surface area contributed by atoms with E-state index < -0.39 is 34.6 Å². The maximum Gasteiger partial charge on any atom is 0.228 e. The Morgan fingerprint density at radius 3 is 1.38 bits per heavy atom. The Morgan fingerprint density at radius 1 is 0.808 bits per heavy atom. The van der Waals surface area contributed by atoms with Crippen molar-refractivity contribution in [3.05, 3.63) is 0 Å². The van der Waals surface area contributed by atoms with Crippen molar-refractivity contribution in [3.8, 4) is 0 Å². The van der Waals surface area contributed by atoms with Crippen LogP contribution in [0.15, 0.2) is 0 Å². The second kappa shape index (κ2) is 5.64. The first-order valence-corrected chi connectivity index (χ1v) is 9.05. The molecule has 3 fully saturated rings. The standard InChI is InChI=1S/C18H30N2O6/c1-15(2,3)13(21)19-7-11-17(23,9-19)26-12-8-20(10-18(12,24)25-11)14(22)16(4,5)6/h11-12,23-24H,7-10H2,1-6H3/t11-,12-,17-,18+/m0/s1. The summed E-state index contributed by atoms with van der Waals surface area (Å²) in [6.45, 7) is 11.1. The van der Waals surface area contributed by atoms with Crippen molar-refractivity contribution in [2.24, 2.45) is 10.8 Å². The molecule has 0 unspecified atom stereocenters. The number of likely N-dealkylation sites (tertiary alicyclic amines) is 2. The molecule has 148 valence electrons. The summed E-state index contributed by atoms with van der Waals surface area (Å²) in [5, 5.41) is 21.8. The number of fused-ring (bicyclic) bond motifs is 2. The van der Waals surface area contributed by atoms with Crippen molar-refractivity contribution in [1.82, 2.24) is 9.80 Å². The number of ether oxygens (including phenoxy) is 2. The van der Waals surface area contributed by atoms with E-state index in [-0.39, 0.29) is 38.0 Å². The Kier molecular flexibility index (Phi) is 4.24. The van der Waals surface area contributed by atoms with Crippen molar-refractivity contribution < 1.29 is 29.3 Å². The van der Waals surface area contributed by atoms with E-state index in [0.717, 1.165) is 0 Å². The van der Waals surface area contributed by atoms with Gasteiger partial charge in [-0.15, -0.1) is 0 Å². The Labute approximate surface area is 154 Å². The van der Waals surface area contributed by atoms with Gasteiger partial charge in [0.15, 0.2) is 0 Å². The van der Waals surface area contributed by atoms with Gasteiger partial charge in [-0.05, 0) is 0 Å². The molecule has 3 heterocycles. The zero-order chi connectivity index (χ0) is 19.7. The smallest absolute Gasteiger partial charge is 0.228 e. The SMILES string of the molecule is CC(C)(C)C(=O)N1C[C@@H]2O[C@@]3(O)CN(C(=O)C(C)(C)C)C[C@@H]3O[C@]2(O)C1. The fourth-order valence-corrected chi connectivity index (χ4v) is 3.80. The van der Waals surface area contributed by atoms with Gasteiger partial charge >= 0.3 is 0 Å². The topological polar surface area (TPSA) is 99.5 Å². The van der Waals surface area contributed by atoms with Crippen LogP contribution in [-0.4, -0.2) is 81.8 Å². The maximum absolute atomic E-state index is 12.5. The third kappa shape index (κ3) is 3.13. The third-order valence-corrected chi connectivity index (χ3v) is 5.16. The number of rotatable bonds is 0. The van der Waals surface area contributed by atoms with Gasteiger partial charge in [0, 0.05) is 10.8 Å². The van der Waals surface area contributed by atoms with E-state index in [1.165, 1.54) is 9.80 Å². The molecule has 3 saturated heterocycles. The lowest BCUT2D eigenvalue weighted by Crippen LogP contribution is -2.63. The minimum atomic E-state index is -1.68. The molecule has 2 N–H and O–H groups in total. The van der Waals surface area contributed by atoms with Crippen LogP contribution < -0.4 is 0 Å².